The van der Waals surface area contributed by atoms with E-state index >= 15 is 0 Å². The van der Waals surface area contributed by atoms with Crippen molar-refractivity contribution in [2.75, 3.05) is 25.4 Å². The van der Waals surface area contributed by atoms with Gasteiger partial charge in [0.2, 0.25) is 0 Å². The van der Waals surface area contributed by atoms with Crippen LogP contribution in [-0.2, 0) is 17.9 Å². The second kappa shape index (κ2) is 12.9. The Hall–Kier alpha value is -4.00. The number of piperidine rings is 1. The number of phenols is 1. The van der Waals surface area contributed by atoms with Gasteiger partial charge in [-0.05, 0) is 61.4 Å². The van der Waals surface area contributed by atoms with Gasteiger partial charge in [0.05, 0.1) is 11.3 Å². The number of hydrogen-bond acceptors (Lipinski definition) is 6. The number of benzene rings is 2. The number of nitrogens with zero attached hydrogens (tertiary/aromatic N) is 2. The van der Waals surface area contributed by atoms with Gasteiger partial charge in [0.15, 0.2) is 0 Å². The fourth-order valence-corrected chi connectivity index (χ4v) is 4.60. The molecule has 4 rings (SSSR count). The Bertz CT molecular complexity index is 1190. The fraction of sp³-hybridized carbons (Fsp3) is 0.444. The number of unbranched alkanes of at least 4 members (excludes halogenated alkanes) is 1. The third-order valence-corrected chi connectivity index (χ3v) is 6.97. The highest BCUT2D eigenvalue weighted by molar-refractivity contribution is 5.95. The van der Waals surface area contributed by atoms with E-state index in [4.69, 9.17) is 15.6 Å². The van der Waals surface area contributed by atoms with E-state index in [1.807, 2.05) is 17.0 Å². The Morgan fingerprint density at radius 3 is 2.08 bits per heavy atom. The van der Waals surface area contributed by atoms with Crippen molar-refractivity contribution in [2.45, 2.75) is 57.0 Å². The largest absolute Gasteiger partial charge is 0.506 e. The van der Waals surface area contributed by atoms with Gasteiger partial charge in [-0.15, -0.1) is 0 Å². The van der Waals surface area contributed by atoms with Crippen LogP contribution in [0.1, 0.15) is 53.6 Å². The maximum absolute atomic E-state index is 12.7. The quantitative estimate of drug-likeness (QED) is 0.204. The number of aromatic hydroxyl groups is 1. The monoisotopic (exact) mass is 566 g/mol. The Balaban J connectivity index is 0.000000559. The number of carboxylic acid groups (broad SMARTS) is 1. The number of alkyl halides is 3. The van der Waals surface area contributed by atoms with Gasteiger partial charge in [-0.2, -0.15) is 13.2 Å². The summed E-state index contributed by atoms with van der Waals surface area (Å²) in [7, 11) is 0. The van der Waals surface area contributed by atoms with Gasteiger partial charge in [0.1, 0.15) is 5.75 Å². The van der Waals surface area contributed by atoms with E-state index < -0.39 is 17.7 Å². The molecule has 2 aliphatic heterocycles. The minimum atomic E-state index is -5.08. The van der Waals surface area contributed by atoms with Crippen LogP contribution in [-0.4, -0.2) is 74.4 Å². The second-order valence-corrected chi connectivity index (χ2v) is 9.91. The minimum Gasteiger partial charge on any atom is -0.506 e. The van der Waals surface area contributed by atoms with Crippen LogP contribution < -0.4 is 11.1 Å². The molecule has 0 unspecified atom stereocenters. The first kappa shape index (κ1) is 30.5. The molecule has 40 heavy (non-hydrogen) atoms. The summed E-state index contributed by atoms with van der Waals surface area (Å²) in [6, 6.07) is 12.6. The number of hydrogen-bond donors (Lipinski definition) is 5. The van der Waals surface area contributed by atoms with E-state index in [1.165, 1.54) is 23.3 Å². The number of carbonyl (C=O) groups is 3. The van der Waals surface area contributed by atoms with E-state index in [0.717, 1.165) is 12.8 Å². The molecule has 0 bridgehead atoms. The van der Waals surface area contributed by atoms with Crippen molar-refractivity contribution in [1.29, 1.82) is 0 Å². The van der Waals surface area contributed by atoms with Gasteiger partial charge in [-0.25, -0.2) is 9.59 Å². The van der Waals surface area contributed by atoms with Crippen LogP contribution >= 0.6 is 0 Å². The molecule has 0 spiro atoms. The van der Waals surface area contributed by atoms with Crippen LogP contribution in [0.3, 0.4) is 0 Å². The number of aliphatic hydroxyl groups is 1. The molecule has 0 saturated carbocycles. The third kappa shape index (κ3) is 8.25. The van der Waals surface area contributed by atoms with E-state index in [-0.39, 0.29) is 23.4 Å². The molecule has 0 aliphatic carbocycles. The topological polar surface area (TPSA) is 156 Å². The molecule has 0 aromatic heterocycles. The van der Waals surface area contributed by atoms with Crippen molar-refractivity contribution in [3.63, 3.8) is 0 Å². The first-order chi connectivity index (χ1) is 18.8. The van der Waals surface area contributed by atoms with E-state index in [2.05, 4.69) is 17.4 Å². The lowest BCUT2D eigenvalue weighted by Crippen LogP contribution is -2.46. The van der Waals surface area contributed by atoms with E-state index in [0.29, 0.717) is 57.5 Å². The molecule has 6 N–H and O–H groups in total. The maximum atomic E-state index is 12.7. The number of anilines is 1. The number of nitrogens with two attached hydrogens (primary N) is 1. The number of likely N-dealkylation sites (tertiary alicyclic amines) is 1. The van der Waals surface area contributed by atoms with Crippen LogP contribution in [0.5, 0.6) is 5.75 Å². The number of fused-ring (bicyclic) bond motifs is 1. The molecule has 2 aromatic carbocycles. The fourth-order valence-electron chi connectivity index (χ4n) is 4.60. The first-order valence-electron chi connectivity index (χ1n) is 12.8. The van der Waals surface area contributed by atoms with Gasteiger partial charge < -0.3 is 36.2 Å². The Morgan fingerprint density at radius 1 is 0.975 bits per heavy atom. The predicted octanol–water partition coefficient (Wildman–Crippen LogP) is 3.47. The van der Waals surface area contributed by atoms with Crippen molar-refractivity contribution >= 4 is 23.6 Å². The Labute approximate surface area is 229 Å². The smallest absolute Gasteiger partial charge is 0.490 e. The molecular formula is C27H33F3N4O6. The van der Waals surface area contributed by atoms with Crippen molar-refractivity contribution < 1.29 is 42.9 Å². The Morgan fingerprint density at radius 2 is 1.55 bits per heavy atom. The molecule has 10 nitrogen and oxygen atoms in total. The lowest BCUT2D eigenvalue weighted by Gasteiger charge is -2.38. The number of nitrogens with one attached hydrogen (secondary N) is 1. The average Bonchev–Trinajstić information content (AvgIpc) is 3.34. The molecule has 218 valence electrons. The van der Waals surface area contributed by atoms with Gasteiger partial charge in [0.25, 0.3) is 5.91 Å². The number of halogens is 3. The highest BCUT2D eigenvalue weighted by Gasteiger charge is 2.38. The van der Waals surface area contributed by atoms with E-state index in [9.17, 15) is 33.0 Å². The molecule has 0 radical (unpaired) electrons. The summed E-state index contributed by atoms with van der Waals surface area (Å²) in [5.41, 5.74) is 7.85. The predicted molar refractivity (Wildman–Crippen MR) is 139 cm³/mol. The summed E-state index contributed by atoms with van der Waals surface area (Å²) >= 11 is 0. The third-order valence-electron chi connectivity index (χ3n) is 6.97. The number of carbonyl (C=O) groups excluding carboxylic acids is 2. The molecule has 1 saturated heterocycles. The number of aliphatic carboxylic acids is 1. The van der Waals surface area contributed by atoms with Crippen molar-refractivity contribution in [2.24, 2.45) is 0 Å². The van der Waals surface area contributed by atoms with Gasteiger partial charge in [-0.1, -0.05) is 24.3 Å². The standard InChI is InChI=1S/C25H32N4O4.C2HF3O2/c26-21-8-7-18(15-22(21)30)23(31)28-13-10-25(33,11-14-28)9-3-4-12-27-24(32)29-16-19-5-1-2-6-20(19)17-29;3-2(4,5)1(6)7/h1-2,5-8,15,30,33H,3-4,9-14,16-17,26H2,(H,27,32);(H,6,7). The lowest BCUT2D eigenvalue weighted by molar-refractivity contribution is -0.192. The van der Waals surface area contributed by atoms with Gasteiger partial charge >= 0.3 is 18.2 Å². The van der Waals surface area contributed by atoms with Crippen LogP contribution in [0.15, 0.2) is 42.5 Å². The summed E-state index contributed by atoms with van der Waals surface area (Å²) in [6.07, 6.45) is -1.82. The number of carboxylic acids is 1. The number of rotatable bonds is 6. The first-order valence-corrected chi connectivity index (χ1v) is 12.8. The normalized spacial score (nSPS) is 16.0. The number of amides is 3. The molecule has 2 heterocycles. The molecule has 3 amide bonds. The summed E-state index contributed by atoms with van der Waals surface area (Å²) < 4.78 is 31.7. The van der Waals surface area contributed by atoms with Crippen LogP contribution in [0.4, 0.5) is 23.7 Å². The van der Waals surface area contributed by atoms with Crippen LogP contribution in [0, 0.1) is 0 Å². The van der Waals surface area contributed by atoms with Gasteiger partial charge in [0, 0.05) is 38.3 Å². The van der Waals surface area contributed by atoms with Crippen LogP contribution in [0.25, 0.3) is 0 Å². The van der Waals surface area contributed by atoms with E-state index in [1.54, 1.807) is 11.0 Å². The zero-order valence-corrected chi connectivity index (χ0v) is 21.8. The van der Waals surface area contributed by atoms with Gasteiger partial charge in [-0.3, -0.25) is 4.79 Å². The molecule has 2 aliphatic rings. The summed E-state index contributed by atoms with van der Waals surface area (Å²) in [4.78, 5) is 37.5. The molecule has 0 atom stereocenters. The summed E-state index contributed by atoms with van der Waals surface area (Å²) in [5.74, 6) is -3.03. The number of phenolic OH excluding ortho intramolecular Hbond substituents is 1. The highest BCUT2D eigenvalue weighted by atomic mass is 19.4. The second-order valence-electron chi connectivity index (χ2n) is 9.91. The molecule has 2 aromatic rings. The summed E-state index contributed by atoms with van der Waals surface area (Å²) in [6.45, 7) is 2.80. The SMILES string of the molecule is Nc1ccc(C(=O)N2CCC(O)(CCCCNC(=O)N3Cc4ccccc4C3)CC2)cc1O.O=C(O)C(F)(F)F. The maximum Gasteiger partial charge on any atom is 0.490 e. The van der Waals surface area contributed by atoms with Crippen molar-refractivity contribution in [1.82, 2.24) is 15.1 Å². The lowest BCUT2D eigenvalue weighted by atomic mass is 9.86. The van der Waals surface area contributed by atoms with Crippen molar-refractivity contribution in [3.05, 3.63) is 59.2 Å². The number of nitrogen functional groups attached to an aromatic ring is 1. The zero-order valence-electron chi connectivity index (χ0n) is 21.8. The average molecular weight is 567 g/mol. The highest BCUT2D eigenvalue weighted by Crippen LogP contribution is 2.29. The zero-order chi connectivity index (χ0) is 29.5. The number of urea groups is 1. The molecule has 1 fully saturated rings. The molecule has 13 heteroatoms. The van der Waals surface area contributed by atoms with Crippen molar-refractivity contribution in [3.8, 4) is 5.75 Å². The molecular weight excluding hydrogens is 533 g/mol. The minimum absolute atomic E-state index is 0.0505. The Kier molecular flexibility index (Phi) is 9.85. The van der Waals surface area contributed by atoms with Crippen LogP contribution in [0.2, 0.25) is 0 Å². The summed E-state index contributed by atoms with van der Waals surface area (Å²) in [5, 5.41) is 30.8.